The van der Waals surface area contributed by atoms with Crippen molar-refractivity contribution in [2.45, 2.75) is 26.8 Å². The van der Waals surface area contributed by atoms with Crippen LogP contribution in [0.15, 0.2) is 51.9 Å². The van der Waals surface area contributed by atoms with Gasteiger partial charge in [-0.15, -0.1) is 6.42 Å². The molecule has 0 bridgehead atoms. The van der Waals surface area contributed by atoms with Crippen LogP contribution in [0.1, 0.15) is 30.0 Å². The number of terminal acetylenes is 1. The predicted octanol–water partition coefficient (Wildman–Crippen LogP) is 4.78. The molecule has 0 spiro atoms. The Balaban J connectivity index is 1.81. The summed E-state index contributed by atoms with van der Waals surface area (Å²) in [4.78, 5) is 17.7. The van der Waals surface area contributed by atoms with Gasteiger partial charge < -0.3 is 13.7 Å². The summed E-state index contributed by atoms with van der Waals surface area (Å²) in [7, 11) is 0. The zero-order valence-electron chi connectivity index (χ0n) is 16.3. The van der Waals surface area contributed by atoms with Crippen LogP contribution in [-0.2, 0) is 13.0 Å². The number of thiazole rings is 1. The molecule has 2 aromatic heterocycles. The van der Waals surface area contributed by atoms with Gasteiger partial charge in [0.15, 0.2) is 21.9 Å². The Bertz CT molecular complexity index is 1320. The average Bonchev–Trinajstić information content (AvgIpc) is 3.30. The van der Waals surface area contributed by atoms with Crippen molar-refractivity contribution in [1.29, 1.82) is 0 Å². The SMILES string of the molecule is C#CCn1c(=NC(=O)c2cc3cccc(OCC)c3o2)sc2cc(CC)ccc21. The quantitative estimate of drug-likeness (QED) is 0.450. The van der Waals surface area contributed by atoms with E-state index in [0.717, 1.165) is 22.0 Å². The van der Waals surface area contributed by atoms with E-state index < -0.39 is 5.91 Å². The van der Waals surface area contributed by atoms with Crippen molar-refractivity contribution in [3.63, 3.8) is 0 Å². The van der Waals surface area contributed by atoms with Gasteiger partial charge in [0.05, 0.1) is 23.4 Å². The van der Waals surface area contributed by atoms with Crippen molar-refractivity contribution in [2.75, 3.05) is 6.61 Å². The molecule has 0 fully saturated rings. The van der Waals surface area contributed by atoms with Gasteiger partial charge in [-0.2, -0.15) is 4.99 Å². The van der Waals surface area contributed by atoms with Gasteiger partial charge >= 0.3 is 5.91 Å². The Kier molecular flexibility index (Phi) is 5.24. The molecule has 4 aromatic rings. The topological polar surface area (TPSA) is 56.7 Å². The van der Waals surface area contributed by atoms with Gasteiger partial charge in [-0.25, -0.2) is 0 Å². The van der Waals surface area contributed by atoms with E-state index in [9.17, 15) is 4.79 Å². The zero-order valence-corrected chi connectivity index (χ0v) is 17.1. The van der Waals surface area contributed by atoms with Crippen molar-refractivity contribution in [3.05, 3.63) is 58.6 Å². The first-order chi connectivity index (χ1) is 14.1. The zero-order chi connectivity index (χ0) is 20.4. The Hall–Kier alpha value is -3.30. The van der Waals surface area contributed by atoms with Crippen molar-refractivity contribution < 1.29 is 13.9 Å². The van der Waals surface area contributed by atoms with Crippen LogP contribution in [0.2, 0.25) is 0 Å². The Labute approximate surface area is 172 Å². The maximum Gasteiger partial charge on any atom is 0.315 e. The minimum atomic E-state index is -0.448. The van der Waals surface area contributed by atoms with Gasteiger partial charge in [-0.3, -0.25) is 4.79 Å². The van der Waals surface area contributed by atoms with E-state index in [0.29, 0.717) is 29.3 Å². The van der Waals surface area contributed by atoms with Crippen LogP contribution in [0.3, 0.4) is 0 Å². The molecule has 0 aliphatic heterocycles. The molecule has 5 nitrogen and oxygen atoms in total. The summed E-state index contributed by atoms with van der Waals surface area (Å²) in [5, 5.41) is 0.801. The van der Waals surface area contributed by atoms with Crippen molar-refractivity contribution in [1.82, 2.24) is 4.57 Å². The van der Waals surface area contributed by atoms with Crippen LogP contribution < -0.4 is 9.54 Å². The van der Waals surface area contributed by atoms with Gasteiger partial charge in [0.2, 0.25) is 0 Å². The van der Waals surface area contributed by atoms with E-state index in [1.165, 1.54) is 16.9 Å². The second kappa shape index (κ2) is 7.98. The molecule has 2 heterocycles. The predicted molar refractivity (Wildman–Crippen MR) is 115 cm³/mol. The summed E-state index contributed by atoms with van der Waals surface area (Å²) in [6.07, 6.45) is 6.49. The molecule has 146 valence electrons. The first-order valence-corrected chi connectivity index (χ1v) is 10.3. The summed E-state index contributed by atoms with van der Waals surface area (Å²) < 4.78 is 14.3. The molecule has 0 unspecified atom stereocenters. The molecule has 0 atom stereocenters. The molecule has 0 saturated heterocycles. The number of hydrogen-bond donors (Lipinski definition) is 0. The highest BCUT2D eigenvalue weighted by atomic mass is 32.1. The molecule has 0 aliphatic carbocycles. The number of aryl methyl sites for hydroxylation is 1. The summed E-state index contributed by atoms with van der Waals surface area (Å²) >= 11 is 1.45. The number of benzene rings is 2. The lowest BCUT2D eigenvalue weighted by Gasteiger charge is -2.02. The normalized spacial score (nSPS) is 11.8. The maximum atomic E-state index is 12.8. The Morgan fingerprint density at radius 2 is 2.14 bits per heavy atom. The maximum absolute atomic E-state index is 12.8. The van der Waals surface area contributed by atoms with E-state index in [1.54, 1.807) is 6.07 Å². The number of ether oxygens (including phenoxy) is 1. The molecular formula is C23H20N2O3S. The fraction of sp³-hybridized carbons (Fsp3) is 0.217. The van der Waals surface area contributed by atoms with E-state index in [1.807, 2.05) is 35.8 Å². The van der Waals surface area contributed by atoms with Crippen LogP contribution in [0.4, 0.5) is 0 Å². The Morgan fingerprint density at radius 1 is 1.28 bits per heavy atom. The number of nitrogens with zero attached hydrogens (tertiary/aromatic N) is 2. The van der Waals surface area contributed by atoms with Crippen LogP contribution in [0, 0.1) is 12.3 Å². The number of para-hydroxylation sites is 1. The van der Waals surface area contributed by atoms with Crippen LogP contribution >= 0.6 is 11.3 Å². The van der Waals surface area contributed by atoms with Crippen molar-refractivity contribution >= 4 is 38.4 Å². The second-order valence-electron chi connectivity index (χ2n) is 6.47. The van der Waals surface area contributed by atoms with Crippen LogP contribution in [-0.4, -0.2) is 17.1 Å². The average molecular weight is 404 g/mol. The first-order valence-electron chi connectivity index (χ1n) is 9.44. The lowest BCUT2D eigenvalue weighted by Crippen LogP contribution is -2.16. The molecule has 6 heteroatoms. The number of furan rings is 1. The number of fused-ring (bicyclic) bond motifs is 2. The second-order valence-corrected chi connectivity index (χ2v) is 7.47. The minimum absolute atomic E-state index is 0.172. The molecule has 0 saturated carbocycles. The summed E-state index contributed by atoms with van der Waals surface area (Å²) in [5.41, 5.74) is 2.75. The summed E-state index contributed by atoms with van der Waals surface area (Å²) in [6, 6.07) is 13.5. The highest BCUT2D eigenvalue weighted by Gasteiger charge is 2.15. The largest absolute Gasteiger partial charge is 0.490 e. The molecule has 0 aliphatic rings. The molecule has 4 rings (SSSR count). The molecule has 2 aromatic carbocycles. The summed E-state index contributed by atoms with van der Waals surface area (Å²) in [5.74, 6) is 2.98. The van der Waals surface area contributed by atoms with Gasteiger partial charge in [-0.05, 0) is 43.2 Å². The number of carbonyl (C=O) groups excluding carboxylic acids is 1. The van der Waals surface area contributed by atoms with Crippen LogP contribution in [0.25, 0.3) is 21.2 Å². The highest BCUT2D eigenvalue weighted by molar-refractivity contribution is 7.16. The Morgan fingerprint density at radius 3 is 2.90 bits per heavy atom. The number of rotatable bonds is 5. The van der Waals surface area contributed by atoms with Gasteiger partial charge in [-0.1, -0.05) is 42.4 Å². The smallest absolute Gasteiger partial charge is 0.315 e. The minimum Gasteiger partial charge on any atom is -0.490 e. The van der Waals surface area contributed by atoms with E-state index >= 15 is 0 Å². The third-order valence-corrected chi connectivity index (χ3v) is 5.66. The number of amides is 1. The molecular weight excluding hydrogens is 384 g/mol. The lowest BCUT2D eigenvalue weighted by atomic mass is 10.2. The lowest BCUT2D eigenvalue weighted by molar-refractivity contribution is 0.0973. The monoisotopic (exact) mass is 404 g/mol. The third kappa shape index (κ3) is 3.57. The summed E-state index contributed by atoms with van der Waals surface area (Å²) in [6.45, 7) is 4.86. The first kappa shape index (κ1) is 19.0. The van der Waals surface area contributed by atoms with E-state index in [-0.39, 0.29) is 5.76 Å². The van der Waals surface area contributed by atoms with Crippen molar-refractivity contribution in [2.24, 2.45) is 4.99 Å². The number of carbonyl (C=O) groups is 1. The highest BCUT2D eigenvalue weighted by Crippen LogP contribution is 2.29. The van der Waals surface area contributed by atoms with Crippen LogP contribution in [0.5, 0.6) is 5.75 Å². The molecule has 0 radical (unpaired) electrons. The molecule has 29 heavy (non-hydrogen) atoms. The fourth-order valence-electron chi connectivity index (χ4n) is 3.22. The van der Waals surface area contributed by atoms with Gasteiger partial charge in [0.1, 0.15) is 0 Å². The number of hydrogen-bond acceptors (Lipinski definition) is 4. The molecule has 0 N–H and O–H groups in total. The third-order valence-electron chi connectivity index (χ3n) is 4.62. The fourth-order valence-corrected chi connectivity index (χ4v) is 4.31. The molecule has 1 amide bonds. The van der Waals surface area contributed by atoms with E-state index in [4.69, 9.17) is 15.6 Å². The van der Waals surface area contributed by atoms with Gasteiger partial charge in [0.25, 0.3) is 0 Å². The van der Waals surface area contributed by atoms with Crippen molar-refractivity contribution in [3.8, 4) is 18.1 Å². The van der Waals surface area contributed by atoms with Gasteiger partial charge in [0, 0.05) is 5.39 Å². The number of aromatic nitrogens is 1. The van der Waals surface area contributed by atoms with E-state index in [2.05, 4.69) is 30.0 Å². The standard InChI is InChI=1S/C23H20N2O3S/c1-4-12-25-17-11-10-15(5-2)13-20(17)29-23(25)24-22(26)19-14-16-8-7-9-18(27-6-3)21(16)28-19/h1,7-11,13-14H,5-6,12H2,2-3H3.